The second-order valence-electron chi connectivity index (χ2n) is 10.4. The molecule has 28 heavy (non-hydrogen) atoms. The van der Waals surface area contributed by atoms with Crippen LogP contribution in [-0.2, 0) is 9.59 Å². The lowest BCUT2D eigenvalue weighted by molar-refractivity contribution is -0.131. The van der Waals surface area contributed by atoms with Gasteiger partial charge in [-0.05, 0) is 97.4 Å². The summed E-state index contributed by atoms with van der Waals surface area (Å²) >= 11 is 0. The van der Waals surface area contributed by atoms with Gasteiger partial charge in [-0.2, -0.15) is 0 Å². The highest BCUT2D eigenvalue weighted by molar-refractivity contribution is 5.95. The smallest absolute Gasteiger partial charge is 0.327 e. The van der Waals surface area contributed by atoms with Crippen LogP contribution in [0.15, 0.2) is 23.8 Å². The van der Waals surface area contributed by atoms with Crippen LogP contribution in [0.25, 0.3) is 0 Å². The van der Waals surface area contributed by atoms with Gasteiger partial charge in [0.15, 0.2) is 5.78 Å². The maximum Gasteiger partial charge on any atom is 0.327 e. The van der Waals surface area contributed by atoms with Gasteiger partial charge in [0.25, 0.3) is 0 Å². The van der Waals surface area contributed by atoms with Gasteiger partial charge in [0.1, 0.15) is 6.10 Å². The maximum absolute atomic E-state index is 12.0. The Kier molecular flexibility index (Phi) is 4.01. The number of aliphatic hydroxyl groups excluding tert-OH is 1. The standard InChI is InChI=1S/C24H32O4/c1-3-24(9-7-21(27)28)18-11-17(18)22-15-5-4-13-10-19(25)20(26)12-16(13)14(15)6-8-23(22,24)2/h7,9-10,14-18,20,22,26H,3-6,8,11-12H2,1-2H3,(H,27,28)/b9-7-/t14-,15+,16-,17-,18+,20?,22+,23-,24+/m0/s1. The number of carbonyl (C=O) groups excluding carboxylic acids is 1. The number of ketones is 1. The molecule has 2 N–H and O–H groups in total. The Labute approximate surface area is 167 Å². The molecule has 0 aromatic heterocycles. The van der Waals surface area contributed by atoms with Crippen molar-refractivity contribution in [2.75, 3.05) is 0 Å². The summed E-state index contributed by atoms with van der Waals surface area (Å²) in [6.07, 6.45) is 11.7. The zero-order valence-corrected chi connectivity index (χ0v) is 16.9. The molecule has 5 aliphatic rings. The molecule has 5 rings (SSSR count). The second-order valence-corrected chi connectivity index (χ2v) is 10.4. The summed E-state index contributed by atoms with van der Waals surface area (Å²) in [6, 6.07) is 0. The first-order valence-electron chi connectivity index (χ1n) is 11.2. The normalized spacial score (nSPS) is 51.8. The van der Waals surface area contributed by atoms with Gasteiger partial charge in [0, 0.05) is 6.08 Å². The molecule has 0 heterocycles. The third kappa shape index (κ3) is 2.27. The molecule has 0 spiro atoms. The number of allylic oxidation sites excluding steroid dienone is 2. The van der Waals surface area contributed by atoms with E-state index in [-0.39, 0.29) is 16.6 Å². The van der Waals surface area contributed by atoms with Crippen LogP contribution in [0.3, 0.4) is 0 Å². The largest absolute Gasteiger partial charge is 0.478 e. The number of aliphatic carboxylic acids is 1. The van der Waals surface area contributed by atoms with Crippen LogP contribution in [-0.4, -0.2) is 28.1 Å². The van der Waals surface area contributed by atoms with Crippen molar-refractivity contribution >= 4 is 11.8 Å². The summed E-state index contributed by atoms with van der Waals surface area (Å²) in [7, 11) is 0. The van der Waals surface area contributed by atoms with Crippen molar-refractivity contribution in [2.24, 2.45) is 46.3 Å². The molecule has 0 saturated heterocycles. The van der Waals surface area contributed by atoms with E-state index >= 15 is 0 Å². The van der Waals surface area contributed by atoms with Crippen LogP contribution in [0, 0.1) is 46.3 Å². The van der Waals surface area contributed by atoms with Crippen LogP contribution in [0.5, 0.6) is 0 Å². The highest BCUT2D eigenvalue weighted by atomic mass is 16.4. The lowest BCUT2D eigenvalue weighted by Crippen LogP contribution is -2.52. The molecule has 0 aromatic carbocycles. The first kappa shape index (κ1) is 18.6. The van der Waals surface area contributed by atoms with Gasteiger partial charge in [-0.25, -0.2) is 4.79 Å². The average molecular weight is 385 g/mol. The van der Waals surface area contributed by atoms with E-state index in [1.165, 1.54) is 18.1 Å². The number of carboxylic acid groups (broad SMARTS) is 1. The van der Waals surface area contributed by atoms with Crippen molar-refractivity contribution in [1.82, 2.24) is 0 Å². The Bertz CT molecular complexity index is 781. The van der Waals surface area contributed by atoms with Crippen LogP contribution in [0.2, 0.25) is 0 Å². The second kappa shape index (κ2) is 6.04. The van der Waals surface area contributed by atoms with Crippen LogP contribution in [0.1, 0.15) is 58.8 Å². The maximum atomic E-state index is 12.0. The lowest BCUT2D eigenvalue weighted by atomic mass is 9.46. The molecule has 5 aliphatic carbocycles. The van der Waals surface area contributed by atoms with E-state index in [9.17, 15) is 19.8 Å². The summed E-state index contributed by atoms with van der Waals surface area (Å²) in [5, 5.41) is 19.5. The molecule has 0 aromatic rings. The number of hydrogen-bond acceptors (Lipinski definition) is 3. The minimum atomic E-state index is -0.834. The van der Waals surface area contributed by atoms with Crippen LogP contribution < -0.4 is 0 Å². The molecule has 0 aliphatic heterocycles. The van der Waals surface area contributed by atoms with E-state index in [1.54, 1.807) is 6.08 Å². The quantitative estimate of drug-likeness (QED) is 0.722. The van der Waals surface area contributed by atoms with Crippen molar-refractivity contribution in [3.63, 3.8) is 0 Å². The summed E-state index contributed by atoms with van der Waals surface area (Å²) in [6.45, 7) is 4.69. The van der Waals surface area contributed by atoms with Gasteiger partial charge >= 0.3 is 5.97 Å². The number of carboxylic acids is 1. The minimum absolute atomic E-state index is 0.0177. The Morgan fingerprint density at radius 3 is 2.75 bits per heavy atom. The predicted molar refractivity (Wildman–Crippen MR) is 105 cm³/mol. The van der Waals surface area contributed by atoms with E-state index < -0.39 is 12.1 Å². The fourth-order valence-corrected chi connectivity index (χ4v) is 8.69. The Hall–Kier alpha value is -1.42. The Morgan fingerprint density at radius 2 is 2.04 bits per heavy atom. The Balaban J connectivity index is 1.50. The van der Waals surface area contributed by atoms with Crippen molar-refractivity contribution in [3.8, 4) is 0 Å². The molecule has 4 saturated carbocycles. The first-order valence-corrected chi connectivity index (χ1v) is 11.2. The number of rotatable bonds is 3. The summed E-state index contributed by atoms with van der Waals surface area (Å²) < 4.78 is 0. The molecule has 4 nitrogen and oxygen atoms in total. The third-order valence-corrected chi connectivity index (χ3v) is 9.77. The summed E-state index contributed by atoms with van der Waals surface area (Å²) in [4.78, 5) is 23.3. The topological polar surface area (TPSA) is 74.6 Å². The van der Waals surface area contributed by atoms with E-state index in [0.29, 0.717) is 36.0 Å². The van der Waals surface area contributed by atoms with Crippen molar-refractivity contribution in [2.45, 2.75) is 64.9 Å². The van der Waals surface area contributed by atoms with Crippen LogP contribution >= 0.6 is 0 Å². The molecule has 152 valence electrons. The minimum Gasteiger partial charge on any atom is -0.478 e. The Morgan fingerprint density at radius 1 is 1.25 bits per heavy atom. The van der Waals surface area contributed by atoms with Gasteiger partial charge in [-0.15, -0.1) is 0 Å². The monoisotopic (exact) mass is 384 g/mol. The predicted octanol–water partition coefficient (Wildman–Crippen LogP) is 3.99. The molecule has 9 atom stereocenters. The highest BCUT2D eigenvalue weighted by Gasteiger charge is 2.74. The van der Waals surface area contributed by atoms with E-state index in [0.717, 1.165) is 38.0 Å². The molecule has 0 amide bonds. The van der Waals surface area contributed by atoms with Gasteiger partial charge < -0.3 is 10.2 Å². The lowest BCUT2D eigenvalue weighted by Gasteiger charge is -2.58. The van der Waals surface area contributed by atoms with E-state index in [4.69, 9.17) is 0 Å². The van der Waals surface area contributed by atoms with Gasteiger partial charge in [-0.1, -0.05) is 25.5 Å². The van der Waals surface area contributed by atoms with E-state index in [1.807, 2.05) is 0 Å². The van der Waals surface area contributed by atoms with Gasteiger partial charge in [-0.3, -0.25) is 4.79 Å². The molecule has 0 bridgehead atoms. The molecule has 0 radical (unpaired) electrons. The summed E-state index contributed by atoms with van der Waals surface area (Å²) in [5.74, 6) is 2.71. The fourth-order valence-electron chi connectivity index (χ4n) is 8.69. The first-order chi connectivity index (χ1) is 13.3. The molecule has 4 fully saturated rings. The van der Waals surface area contributed by atoms with Crippen molar-refractivity contribution in [1.29, 1.82) is 0 Å². The highest BCUT2D eigenvalue weighted by Crippen LogP contribution is 2.80. The van der Waals surface area contributed by atoms with Gasteiger partial charge in [0.05, 0.1) is 0 Å². The van der Waals surface area contributed by atoms with Gasteiger partial charge in [0.2, 0.25) is 0 Å². The SMILES string of the molecule is CC[C@@]1(/C=C\C(=O)O)[C@@H]2C[C@@H]2[C@H]2[C@@H]3CCC4=CC(=O)C(O)C[C@@H]4[C@H]3CC[C@@]21C. The van der Waals surface area contributed by atoms with Crippen molar-refractivity contribution < 1.29 is 19.8 Å². The zero-order chi connectivity index (χ0) is 19.8. The number of carbonyl (C=O) groups is 2. The molecule has 4 heteroatoms. The number of fused-ring (bicyclic) bond motifs is 7. The third-order valence-electron chi connectivity index (χ3n) is 9.77. The molecule has 1 unspecified atom stereocenters. The number of aliphatic hydroxyl groups is 1. The molecular weight excluding hydrogens is 352 g/mol. The number of hydrogen-bond donors (Lipinski definition) is 2. The van der Waals surface area contributed by atoms with Crippen molar-refractivity contribution in [3.05, 3.63) is 23.8 Å². The fraction of sp³-hybridized carbons (Fsp3) is 0.750. The zero-order valence-electron chi connectivity index (χ0n) is 16.9. The molecular formula is C24H32O4. The average Bonchev–Trinajstić information content (AvgIpc) is 3.39. The van der Waals surface area contributed by atoms with Crippen LogP contribution in [0.4, 0.5) is 0 Å². The van der Waals surface area contributed by atoms with E-state index in [2.05, 4.69) is 19.9 Å². The summed E-state index contributed by atoms with van der Waals surface area (Å²) in [5.41, 5.74) is 1.48.